The fraction of sp³-hybridized carbons (Fsp3) is 0.208. The number of ether oxygens (including phenoxy) is 1. The molecule has 0 spiro atoms. The molecule has 1 aliphatic rings. The lowest BCUT2D eigenvalue weighted by Gasteiger charge is -2.17. The van der Waals surface area contributed by atoms with Gasteiger partial charge < -0.3 is 4.74 Å². The highest BCUT2D eigenvalue weighted by atomic mass is 32.2. The van der Waals surface area contributed by atoms with Crippen LogP contribution < -0.4 is 4.74 Å². The van der Waals surface area contributed by atoms with Crippen LogP contribution in [0.3, 0.4) is 0 Å². The Hall–Kier alpha value is -3.12. The monoisotopic (exact) mass is 417 g/mol. The number of thioether (sulfide) groups is 1. The van der Waals surface area contributed by atoms with Crippen molar-refractivity contribution in [3.05, 3.63) is 77.9 Å². The van der Waals surface area contributed by atoms with Crippen LogP contribution in [0, 0.1) is 0 Å². The molecule has 6 heteroatoms. The normalized spacial score (nSPS) is 18.1. The van der Waals surface area contributed by atoms with Crippen LogP contribution in [0.5, 0.6) is 5.75 Å². The average molecular weight is 418 g/mol. The Bertz CT molecular complexity index is 1100. The number of fused-ring (bicyclic) bond motifs is 1. The van der Waals surface area contributed by atoms with E-state index in [2.05, 4.69) is 34.5 Å². The first kappa shape index (κ1) is 20.2. The maximum Gasteiger partial charge on any atom is 0.242 e. The molecule has 152 valence electrons. The molecule has 0 saturated carbocycles. The van der Waals surface area contributed by atoms with Crippen LogP contribution in [0.2, 0.25) is 0 Å². The van der Waals surface area contributed by atoms with E-state index in [1.807, 2.05) is 49.4 Å². The maximum atomic E-state index is 12.9. The molecule has 1 unspecified atom stereocenters. The van der Waals surface area contributed by atoms with E-state index in [9.17, 15) is 4.79 Å². The molecule has 0 aromatic heterocycles. The third-order valence-corrected chi connectivity index (χ3v) is 6.40. The topological polar surface area (TPSA) is 54.3 Å². The number of carbonyl (C=O) groups excluding carboxylic acids is 1. The van der Waals surface area contributed by atoms with E-state index in [0.29, 0.717) is 11.7 Å². The molecule has 3 aromatic rings. The van der Waals surface area contributed by atoms with Gasteiger partial charge in [0, 0.05) is 0 Å². The van der Waals surface area contributed by atoms with Crippen LogP contribution in [-0.4, -0.2) is 34.5 Å². The minimum atomic E-state index is -0.116. The predicted molar refractivity (Wildman–Crippen MR) is 124 cm³/mol. The fourth-order valence-electron chi connectivity index (χ4n) is 3.43. The molecular weight excluding hydrogens is 394 g/mol. The van der Waals surface area contributed by atoms with E-state index < -0.39 is 0 Å². The van der Waals surface area contributed by atoms with Crippen molar-refractivity contribution >= 4 is 39.8 Å². The quantitative estimate of drug-likeness (QED) is 0.415. The fourth-order valence-corrected chi connectivity index (χ4v) is 4.45. The molecule has 1 atom stereocenters. The van der Waals surface area contributed by atoms with Gasteiger partial charge in [-0.15, -0.1) is 5.10 Å². The summed E-state index contributed by atoms with van der Waals surface area (Å²) in [7, 11) is 1.64. The number of nitrogens with zero attached hydrogens (tertiary/aromatic N) is 3. The Morgan fingerprint density at radius 3 is 2.60 bits per heavy atom. The summed E-state index contributed by atoms with van der Waals surface area (Å²) in [5.74, 6) is 0.885. The molecular formula is C24H23N3O2S. The second-order valence-corrected chi connectivity index (χ2v) is 8.15. The van der Waals surface area contributed by atoms with Gasteiger partial charge in [-0.25, -0.2) is 0 Å². The lowest BCUT2D eigenvalue weighted by molar-refractivity contribution is -0.126. The third-order valence-electron chi connectivity index (χ3n) is 5.07. The summed E-state index contributed by atoms with van der Waals surface area (Å²) in [6.45, 7) is 2.51. The van der Waals surface area contributed by atoms with E-state index in [1.54, 1.807) is 18.2 Å². The van der Waals surface area contributed by atoms with Crippen LogP contribution in [0.15, 0.2) is 76.9 Å². The summed E-state index contributed by atoms with van der Waals surface area (Å²) in [6, 6.07) is 22.0. The molecule has 1 heterocycles. The Morgan fingerprint density at radius 2 is 1.83 bits per heavy atom. The van der Waals surface area contributed by atoms with Crippen LogP contribution in [-0.2, 0) is 11.3 Å². The summed E-state index contributed by atoms with van der Waals surface area (Å²) >= 11 is 1.49. The lowest BCUT2D eigenvalue weighted by atomic mass is 10.0. The summed E-state index contributed by atoms with van der Waals surface area (Å²) in [6.07, 6.45) is 2.45. The minimum absolute atomic E-state index is 0.0915. The van der Waals surface area contributed by atoms with Crippen molar-refractivity contribution in [1.82, 2.24) is 4.90 Å². The molecule has 5 nitrogen and oxygen atoms in total. The smallest absolute Gasteiger partial charge is 0.242 e. The number of carbonyl (C=O) groups is 1. The molecule has 0 aliphatic carbocycles. The molecule has 0 N–H and O–H groups in total. The molecule has 0 bridgehead atoms. The number of rotatable bonds is 6. The second-order valence-electron chi connectivity index (χ2n) is 6.98. The molecule has 1 fully saturated rings. The average Bonchev–Trinajstić information content (AvgIpc) is 3.09. The number of amides is 1. The second kappa shape index (κ2) is 9.13. The Labute approximate surface area is 180 Å². The van der Waals surface area contributed by atoms with Gasteiger partial charge in [-0.1, -0.05) is 61.2 Å². The van der Waals surface area contributed by atoms with E-state index >= 15 is 0 Å². The first-order valence-corrected chi connectivity index (χ1v) is 10.8. The summed E-state index contributed by atoms with van der Waals surface area (Å²) < 4.78 is 5.17. The molecule has 4 rings (SSSR count). The Balaban J connectivity index is 1.59. The van der Waals surface area contributed by atoms with Gasteiger partial charge in [0.2, 0.25) is 5.91 Å². The first-order chi connectivity index (χ1) is 14.7. The zero-order valence-electron chi connectivity index (χ0n) is 17.0. The Morgan fingerprint density at radius 1 is 1.07 bits per heavy atom. The number of benzene rings is 3. The number of amidine groups is 1. The molecule has 0 radical (unpaired) electrons. The molecule has 3 aromatic carbocycles. The van der Waals surface area contributed by atoms with Crippen LogP contribution in [0.4, 0.5) is 0 Å². The number of hydrogen-bond acceptors (Lipinski definition) is 5. The van der Waals surface area contributed by atoms with Gasteiger partial charge in [-0.3, -0.25) is 9.69 Å². The summed E-state index contributed by atoms with van der Waals surface area (Å²) in [5, 5.41) is 11.5. The van der Waals surface area contributed by atoms with Gasteiger partial charge in [0.05, 0.1) is 25.1 Å². The summed E-state index contributed by atoms with van der Waals surface area (Å²) in [5.41, 5.74) is 2.02. The van der Waals surface area contributed by atoms with E-state index in [-0.39, 0.29) is 11.2 Å². The van der Waals surface area contributed by atoms with E-state index in [0.717, 1.165) is 34.1 Å². The van der Waals surface area contributed by atoms with Gasteiger partial charge in [0.1, 0.15) is 5.75 Å². The van der Waals surface area contributed by atoms with Gasteiger partial charge in [-0.05, 0) is 52.6 Å². The lowest BCUT2D eigenvalue weighted by Crippen LogP contribution is -2.31. The third kappa shape index (κ3) is 4.24. The molecule has 1 saturated heterocycles. The zero-order chi connectivity index (χ0) is 20.9. The maximum absolute atomic E-state index is 12.9. The van der Waals surface area contributed by atoms with Gasteiger partial charge in [0.25, 0.3) is 0 Å². The highest BCUT2D eigenvalue weighted by molar-refractivity contribution is 8.15. The van der Waals surface area contributed by atoms with E-state index in [4.69, 9.17) is 4.74 Å². The van der Waals surface area contributed by atoms with E-state index in [1.165, 1.54) is 11.8 Å². The van der Waals surface area contributed by atoms with Gasteiger partial charge in [0.15, 0.2) is 5.17 Å². The van der Waals surface area contributed by atoms with Gasteiger partial charge in [-0.2, -0.15) is 5.10 Å². The molecule has 30 heavy (non-hydrogen) atoms. The highest BCUT2D eigenvalue weighted by Gasteiger charge is 2.37. The van der Waals surface area contributed by atoms with Gasteiger partial charge >= 0.3 is 0 Å². The van der Waals surface area contributed by atoms with Crippen molar-refractivity contribution in [1.29, 1.82) is 0 Å². The van der Waals surface area contributed by atoms with Crippen molar-refractivity contribution in [2.75, 3.05) is 7.11 Å². The number of hydrogen-bond donors (Lipinski definition) is 0. The van der Waals surface area contributed by atoms with Crippen molar-refractivity contribution in [2.45, 2.75) is 25.1 Å². The van der Waals surface area contributed by atoms with Crippen molar-refractivity contribution in [3.63, 3.8) is 0 Å². The molecule has 1 aliphatic heterocycles. The first-order valence-electron chi connectivity index (χ1n) is 9.89. The van der Waals surface area contributed by atoms with Crippen LogP contribution >= 0.6 is 11.8 Å². The van der Waals surface area contributed by atoms with Crippen molar-refractivity contribution in [3.8, 4) is 5.75 Å². The van der Waals surface area contributed by atoms with Crippen LogP contribution in [0.25, 0.3) is 10.8 Å². The van der Waals surface area contributed by atoms with Crippen LogP contribution in [0.1, 0.15) is 24.5 Å². The standard InChI is InChI=1S/C24H23N3O2S/c1-3-22-23(28)27(16-19-9-6-8-18-7-4-5-10-21(18)19)24(30-22)26-25-15-17-11-13-20(29-2)14-12-17/h4-15,22H,3,16H2,1-2H3. The predicted octanol–water partition coefficient (Wildman–Crippen LogP) is 5.09. The SMILES string of the molecule is CCC1SC(=NN=Cc2ccc(OC)cc2)N(Cc2cccc3ccccc23)C1=O. The highest BCUT2D eigenvalue weighted by Crippen LogP contribution is 2.32. The summed E-state index contributed by atoms with van der Waals surface area (Å²) in [4.78, 5) is 14.7. The number of methoxy groups -OCH3 is 1. The molecule has 1 amide bonds. The van der Waals surface area contributed by atoms with Crippen molar-refractivity contribution < 1.29 is 9.53 Å². The largest absolute Gasteiger partial charge is 0.497 e. The minimum Gasteiger partial charge on any atom is -0.497 e. The zero-order valence-corrected chi connectivity index (χ0v) is 17.8. The Kier molecular flexibility index (Phi) is 6.14. The van der Waals surface area contributed by atoms with Crippen molar-refractivity contribution in [2.24, 2.45) is 10.2 Å².